The lowest BCUT2D eigenvalue weighted by atomic mass is 10.1. The quantitative estimate of drug-likeness (QED) is 0.429. The number of hydrogen-bond acceptors (Lipinski definition) is 3. The molecule has 0 N–H and O–H groups in total. The van der Waals surface area contributed by atoms with Gasteiger partial charge in [0.05, 0.1) is 5.57 Å². The van der Waals surface area contributed by atoms with Gasteiger partial charge in [0.25, 0.3) is 0 Å². The van der Waals surface area contributed by atoms with Crippen LogP contribution < -0.4 is 0 Å². The Balaban J connectivity index is 2.80. The molecule has 4 nitrogen and oxygen atoms in total. The van der Waals surface area contributed by atoms with Gasteiger partial charge in [-0.1, -0.05) is 6.92 Å². The van der Waals surface area contributed by atoms with Crippen molar-refractivity contribution in [2.24, 2.45) is 4.99 Å². The summed E-state index contributed by atoms with van der Waals surface area (Å²) in [6.45, 7) is 3.67. The standard InChI is InChI=1S/C6H8N2O2/c1-3-5-4(2)7-6(5)8(9)10/h3H2,1-2H3. The minimum absolute atomic E-state index is 0.0417. The molecule has 0 fully saturated rings. The van der Waals surface area contributed by atoms with Crippen molar-refractivity contribution in [3.8, 4) is 0 Å². The molecule has 1 aliphatic rings. The summed E-state index contributed by atoms with van der Waals surface area (Å²) in [4.78, 5) is 13.4. The Morgan fingerprint density at radius 1 is 1.70 bits per heavy atom. The first-order chi connectivity index (χ1) is 4.66. The zero-order chi connectivity index (χ0) is 7.72. The Hall–Kier alpha value is -1.19. The zero-order valence-electron chi connectivity index (χ0n) is 5.92. The number of hydrogen-bond donors (Lipinski definition) is 0. The molecule has 1 aliphatic heterocycles. The SMILES string of the molecule is CCC1=C([N+](=O)[O-])N=C1C. The van der Waals surface area contributed by atoms with E-state index in [-0.39, 0.29) is 5.82 Å². The highest BCUT2D eigenvalue weighted by atomic mass is 16.6. The Morgan fingerprint density at radius 3 is 2.50 bits per heavy atom. The molecule has 0 radical (unpaired) electrons. The second kappa shape index (κ2) is 2.21. The minimum Gasteiger partial charge on any atom is -0.358 e. The Kier molecular flexibility index (Phi) is 1.53. The van der Waals surface area contributed by atoms with Crippen molar-refractivity contribution in [3.63, 3.8) is 0 Å². The van der Waals surface area contributed by atoms with Crippen molar-refractivity contribution in [1.29, 1.82) is 0 Å². The van der Waals surface area contributed by atoms with Gasteiger partial charge in [0.2, 0.25) is 0 Å². The van der Waals surface area contributed by atoms with Crippen LogP contribution in [0.3, 0.4) is 0 Å². The van der Waals surface area contributed by atoms with Crippen LogP contribution in [0, 0.1) is 10.1 Å². The molecule has 1 heterocycles. The molecule has 0 aliphatic carbocycles. The number of nitro groups is 1. The first kappa shape index (κ1) is 6.92. The fraction of sp³-hybridized carbons (Fsp3) is 0.500. The summed E-state index contributed by atoms with van der Waals surface area (Å²) >= 11 is 0. The van der Waals surface area contributed by atoms with Crippen LogP contribution in [-0.2, 0) is 0 Å². The van der Waals surface area contributed by atoms with E-state index in [1.807, 2.05) is 6.92 Å². The second-order valence-electron chi connectivity index (χ2n) is 2.11. The molecular weight excluding hydrogens is 132 g/mol. The van der Waals surface area contributed by atoms with Gasteiger partial charge < -0.3 is 10.1 Å². The molecule has 0 aromatic heterocycles. The topological polar surface area (TPSA) is 55.5 Å². The molecule has 0 unspecified atom stereocenters. The van der Waals surface area contributed by atoms with E-state index in [1.165, 1.54) is 0 Å². The Bertz CT molecular complexity index is 240. The van der Waals surface area contributed by atoms with Crippen LogP contribution in [0.4, 0.5) is 0 Å². The van der Waals surface area contributed by atoms with Crippen LogP contribution in [0.1, 0.15) is 20.3 Å². The molecule has 0 saturated heterocycles. The van der Waals surface area contributed by atoms with Crippen LogP contribution >= 0.6 is 0 Å². The fourth-order valence-electron chi connectivity index (χ4n) is 0.968. The molecule has 0 bridgehead atoms. The first-order valence-corrected chi connectivity index (χ1v) is 3.10. The van der Waals surface area contributed by atoms with E-state index in [1.54, 1.807) is 6.92 Å². The Labute approximate surface area is 58.4 Å². The predicted octanol–water partition coefficient (Wildman–Crippen LogP) is 1.36. The van der Waals surface area contributed by atoms with Gasteiger partial charge in [-0.05, 0) is 16.3 Å². The van der Waals surface area contributed by atoms with E-state index < -0.39 is 4.92 Å². The summed E-state index contributed by atoms with van der Waals surface area (Å²) < 4.78 is 0. The van der Waals surface area contributed by atoms with Crippen molar-refractivity contribution in [1.82, 2.24) is 0 Å². The lowest BCUT2D eigenvalue weighted by molar-refractivity contribution is -0.428. The van der Waals surface area contributed by atoms with E-state index >= 15 is 0 Å². The average molecular weight is 140 g/mol. The Morgan fingerprint density at radius 2 is 2.30 bits per heavy atom. The maximum absolute atomic E-state index is 10.1. The maximum atomic E-state index is 10.1. The third kappa shape index (κ3) is 0.814. The number of rotatable bonds is 2. The van der Waals surface area contributed by atoms with Gasteiger partial charge in [-0.15, -0.1) is 0 Å². The summed E-state index contributed by atoms with van der Waals surface area (Å²) in [5, 5.41) is 10.1. The number of allylic oxidation sites excluding steroid dienone is 1. The van der Waals surface area contributed by atoms with Gasteiger partial charge in [-0.3, -0.25) is 0 Å². The van der Waals surface area contributed by atoms with Gasteiger partial charge in [0.1, 0.15) is 0 Å². The summed E-state index contributed by atoms with van der Waals surface area (Å²) in [7, 11) is 0. The largest absolute Gasteiger partial charge is 0.370 e. The highest BCUT2D eigenvalue weighted by Crippen LogP contribution is 2.22. The summed E-state index contributed by atoms with van der Waals surface area (Å²) in [5.74, 6) is 0.0417. The van der Waals surface area contributed by atoms with E-state index in [4.69, 9.17) is 0 Å². The van der Waals surface area contributed by atoms with Crippen LogP contribution in [0.25, 0.3) is 0 Å². The lowest BCUT2D eigenvalue weighted by Gasteiger charge is -2.07. The van der Waals surface area contributed by atoms with Crippen molar-refractivity contribution in [3.05, 3.63) is 21.5 Å². The fourth-order valence-corrected chi connectivity index (χ4v) is 0.968. The van der Waals surface area contributed by atoms with Gasteiger partial charge >= 0.3 is 5.82 Å². The van der Waals surface area contributed by atoms with E-state index in [2.05, 4.69) is 4.99 Å². The van der Waals surface area contributed by atoms with Crippen molar-refractivity contribution in [2.45, 2.75) is 20.3 Å². The zero-order valence-corrected chi connectivity index (χ0v) is 5.92. The molecule has 54 valence electrons. The normalized spacial score (nSPS) is 16.4. The van der Waals surface area contributed by atoms with Crippen molar-refractivity contribution in [2.75, 3.05) is 0 Å². The van der Waals surface area contributed by atoms with Crippen LogP contribution in [-0.4, -0.2) is 10.6 Å². The third-order valence-corrected chi connectivity index (χ3v) is 1.51. The summed E-state index contributed by atoms with van der Waals surface area (Å²) in [5.41, 5.74) is 1.58. The summed E-state index contributed by atoms with van der Waals surface area (Å²) in [6, 6.07) is 0. The molecule has 0 saturated carbocycles. The molecule has 1 rings (SSSR count). The molecule has 0 amide bonds. The molecule has 0 atom stereocenters. The van der Waals surface area contributed by atoms with Gasteiger partial charge in [-0.2, -0.15) is 0 Å². The van der Waals surface area contributed by atoms with Crippen molar-refractivity contribution < 1.29 is 4.92 Å². The molecule has 0 spiro atoms. The smallest absolute Gasteiger partial charge is 0.358 e. The maximum Gasteiger partial charge on any atom is 0.370 e. The van der Waals surface area contributed by atoms with Gasteiger partial charge in [0, 0.05) is 6.92 Å². The predicted molar refractivity (Wildman–Crippen MR) is 37.4 cm³/mol. The van der Waals surface area contributed by atoms with Gasteiger partial charge in [-0.25, -0.2) is 0 Å². The molecular formula is C6H8N2O2. The first-order valence-electron chi connectivity index (χ1n) is 3.10. The lowest BCUT2D eigenvalue weighted by Crippen LogP contribution is -2.16. The van der Waals surface area contributed by atoms with E-state index in [9.17, 15) is 10.1 Å². The molecule has 0 aromatic carbocycles. The number of nitrogens with zero attached hydrogens (tertiary/aromatic N) is 2. The summed E-state index contributed by atoms with van der Waals surface area (Å²) in [6.07, 6.45) is 0.700. The van der Waals surface area contributed by atoms with Crippen LogP contribution in [0.5, 0.6) is 0 Å². The highest BCUT2D eigenvalue weighted by molar-refractivity contribution is 6.03. The molecule has 0 aromatic rings. The number of aliphatic imine (C=N–C) groups is 1. The van der Waals surface area contributed by atoms with Crippen LogP contribution in [0.2, 0.25) is 0 Å². The van der Waals surface area contributed by atoms with E-state index in [0.29, 0.717) is 6.42 Å². The van der Waals surface area contributed by atoms with Crippen molar-refractivity contribution >= 4 is 5.71 Å². The van der Waals surface area contributed by atoms with Crippen LogP contribution in [0.15, 0.2) is 16.4 Å². The molecule has 10 heavy (non-hydrogen) atoms. The monoisotopic (exact) mass is 140 g/mol. The van der Waals surface area contributed by atoms with Gasteiger partial charge in [0.15, 0.2) is 5.71 Å². The average Bonchev–Trinajstić information content (AvgIpc) is 1.83. The third-order valence-electron chi connectivity index (χ3n) is 1.51. The minimum atomic E-state index is -0.439. The highest BCUT2D eigenvalue weighted by Gasteiger charge is 2.29. The van der Waals surface area contributed by atoms with E-state index in [0.717, 1.165) is 11.3 Å². The second-order valence-corrected chi connectivity index (χ2v) is 2.11. The molecule has 4 heteroatoms.